The maximum absolute atomic E-state index is 5.72. The van der Waals surface area contributed by atoms with Crippen LogP contribution in [0.3, 0.4) is 0 Å². The molecule has 0 radical (unpaired) electrons. The molecule has 2 rings (SSSR count). The molecule has 0 aliphatic carbocycles. The predicted octanol–water partition coefficient (Wildman–Crippen LogP) is 4.35. The summed E-state index contributed by atoms with van der Waals surface area (Å²) in [4.78, 5) is 0. The van der Waals surface area contributed by atoms with Crippen LogP contribution in [0.15, 0.2) is 46.9 Å². The molecular formula is C15H15BrO2. The Morgan fingerprint density at radius 2 is 1.78 bits per heavy atom. The number of ether oxygens (including phenoxy) is 2. The SMILES string of the molecule is COc1cc(COc2ccc(C)cc2)ccc1Br. The Bertz CT molecular complexity index is 521. The standard InChI is InChI=1S/C15H15BrO2/c1-11-3-6-13(7-4-11)18-10-12-5-8-14(16)15(9-12)17-2/h3-9H,10H2,1-2H3. The Hall–Kier alpha value is -1.48. The van der Waals surface area contributed by atoms with Crippen LogP contribution in [0.4, 0.5) is 0 Å². The first-order chi connectivity index (χ1) is 8.69. The fourth-order valence-corrected chi connectivity index (χ4v) is 2.00. The minimum Gasteiger partial charge on any atom is -0.496 e. The van der Waals surface area contributed by atoms with E-state index in [0.717, 1.165) is 21.5 Å². The Morgan fingerprint density at radius 3 is 2.44 bits per heavy atom. The summed E-state index contributed by atoms with van der Waals surface area (Å²) in [6.07, 6.45) is 0. The van der Waals surface area contributed by atoms with E-state index in [1.54, 1.807) is 7.11 Å². The van der Waals surface area contributed by atoms with Gasteiger partial charge in [-0.05, 0) is 52.7 Å². The lowest BCUT2D eigenvalue weighted by molar-refractivity contribution is 0.305. The van der Waals surface area contributed by atoms with Crippen molar-refractivity contribution in [3.05, 3.63) is 58.1 Å². The van der Waals surface area contributed by atoms with E-state index in [4.69, 9.17) is 9.47 Å². The van der Waals surface area contributed by atoms with Crippen LogP contribution in [0.2, 0.25) is 0 Å². The molecule has 0 N–H and O–H groups in total. The van der Waals surface area contributed by atoms with Gasteiger partial charge in [0.15, 0.2) is 0 Å². The van der Waals surface area contributed by atoms with E-state index in [1.165, 1.54) is 5.56 Å². The molecule has 0 bridgehead atoms. The van der Waals surface area contributed by atoms with Gasteiger partial charge in [0.2, 0.25) is 0 Å². The molecule has 0 aliphatic rings. The van der Waals surface area contributed by atoms with Gasteiger partial charge in [-0.2, -0.15) is 0 Å². The molecular weight excluding hydrogens is 292 g/mol. The van der Waals surface area contributed by atoms with E-state index in [2.05, 4.69) is 22.9 Å². The smallest absolute Gasteiger partial charge is 0.133 e. The third kappa shape index (κ3) is 3.26. The molecule has 0 saturated carbocycles. The lowest BCUT2D eigenvalue weighted by atomic mass is 10.2. The number of rotatable bonds is 4. The van der Waals surface area contributed by atoms with Crippen LogP contribution in [0, 0.1) is 6.92 Å². The topological polar surface area (TPSA) is 18.5 Å². The van der Waals surface area contributed by atoms with Crippen LogP contribution < -0.4 is 9.47 Å². The van der Waals surface area contributed by atoms with Crippen LogP contribution in [0.1, 0.15) is 11.1 Å². The first kappa shape index (κ1) is 13.0. The number of methoxy groups -OCH3 is 1. The van der Waals surface area contributed by atoms with Gasteiger partial charge in [-0.3, -0.25) is 0 Å². The largest absolute Gasteiger partial charge is 0.496 e. The third-order valence-corrected chi connectivity index (χ3v) is 3.30. The van der Waals surface area contributed by atoms with E-state index in [0.29, 0.717) is 6.61 Å². The van der Waals surface area contributed by atoms with Crippen molar-refractivity contribution in [2.24, 2.45) is 0 Å². The van der Waals surface area contributed by atoms with Gasteiger partial charge in [0.25, 0.3) is 0 Å². The van der Waals surface area contributed by atoms with Crippen LogP contribution in [-0.2, 0) is 6.61 Å². The molecule has 3 heteroatoms. The summed E-state index contributed by atoms with van der Waals surface area (Å²) < 4.78 is 11.9. The van der Waals surface area contributed by atoms with Crippen molar-refractivity contribution in [1.29, 1.82) is 0 Å². The molecule has 0 amide bonds. The zero-order valence-corrected chi connectivity index (χ0v) is 12.0. The second-order valence-corrected chi connectivity index (χ2v) is 4.92. The number of hydrogen-bond acceptors (Lipinski definition) is 2. The fourth-order valence-electron chi connectivity index (χ4n) is 1.60. The summed E-state index contributed by atoms with van der Waals surface area (Å²) in [6, 6.07) is 14.0. The second kappa shape index (κ2) is 5.91. The zero-order chi connectivity index (χ0) is 13.0. The third-order valence-electron chi connectivity index (χ3n) is 2.64. The molecule has 0 saturated heterocycles. The predicted molar refractivity (Wildman–Crippen MR) is 76.2 cm³/mol. The summed E-state index contributed by atoms with van der Waals surface area (Å²) >= 11 is 3.43. The van der Waals surface area contributed by atoms with Gasteiger partial charge in [0.05, 0.1) is 11.6 Å². The normalized spacial score (nSPS) is 10.2. The molecule has 2 aromatic carbocycles. The molecule has 0 atom stereocenters. The highest BCUT2D eigenvalue weighted by atomic mass is 79.9. The number of hydrogen-bond donors (Lipinski definition) is 0. The van der Waals surface area contributed by atoms with Gasteiger partial charge >= 0.3 is 0 Å². The van der Waals surface area contributed by atoms with Gasteiger partial charge in [0.1, 0.15) is 18.1 Å². The van der Waals surface area contributed by atoms with Crippen molar-refractivity contribution in [3.8, 4) is 11.5 Å². The average Bonchev–Trinajstić information content (AvgIpc) is 2.39. The van der Waals surface area contributed by atoms with Crippen molar-refractivity contribution in [3.63, 3.8) is 0 Å². The highest BCUT2D eigenvalue weighted by molar-refractivity contribution is 9.10. The van der Waals surface area contributed by atoms with Crippen molar-refractivity contribution < 1.29 is 9.47 Å². The molecule has 18 heavy (non-hydrogen) atoms. The van der Waals surface area contributed by atoms with Crippen molar-refractivity contribution >= 4 is 15.9 Å². The summed E-state index contributed by atoms with van der Waals surface area (Å²) in [6.45, 7) is 2.59. The van der Waals surface area contributed by atoms with E-state index < -0.39 is 0 Å². The van der Waals surface area contributed by atoms with Crippen molar-refractivity contribution in [1.82, 2.24) is 0 Å². The summed E-state index contributed by atoms with van der Waals surface area (Å²) in [5.74, 6) is 1.70. The van der Waals surface area contributed by atoms with Crippen LogP contribution >= 0.6 is 15.9 Å². The molecule has 0 unspecified atom stereocenters. The molecule has 0 aliphatic heterocycles. The summed E-state index contributed by atoms with van der Waals surface area (Å²) in [5, 5.41) is 0. The van der Waals surface area contributed by atoms with Gasteiger partial charge in [0, 0.05) is 0 Å². The fraction of sp³-hybridized carbons (Fsp3) is 0.200. The van der Waals surface area contributed by atoms with Gasteiger partial charge < -0.3 is 9.47 Å². The molecule has 0 spiro atoms. The minimum atomic E-state index is 0.534. The van der Waals surface area contributed by atoms with Gasteiger partial charge in [-0.15, -0.1) is 0 Å². The monoisotopic (exact) mass is 306 g/mol. The molecule has 0 heterocycles. The molecule has 94 valence electrons. The highest BCUT2D eigenvalue weighted by Gasteiger charge is 2.02. The Balaban J connectivity index is 2.04. The van der Waals surface area contributed by atoms with E-state index >= 15 is 0 Å². The number of benzene rings is 2. The minimum absolute atomic E-state index is 0.534. The van der Waals surface area contributed by atoms with Gasteiger partial charge in [-0.1, -0.05) is 23.8 Å². The van der Waals surface area contributed by atoms with Crippen molar-refractivity contribution in [2.75, 3.05) is 7.11 Å². The number of aryl methyl sites for hydroxylation is 1. The highest BCUT2D eigenvalue weighted by Crippen LogP contribution is 2.26. The average molecular weight is 307 g/mol. The Labute approximate surface area is 116 Å². The molecule has 0 aromatic heterocycles. The molecule has 2 aromatic rings. The van der Waals surface area contributed by atoms with Crippen LogP contribution in [0.25, 0.3) is 0 Å². The maximum Gasteiger partial charge on any atom is 0.133 e. The van der Waals surface area contributed by atoms with Gasteiger partial charge in [-0.25, -0.2) is 0 Å². The first-order valence-electron chi connectivity index (χ1n) is 5.71. The zero-order valence-electron chi connectivity index (χ0n) is 10.4. The summed E-state index contributed by atoms with van der Waals surface area (Å²) in [7, 11) is 1.66. The van der Waals surface area contributed by atoms with E-state index in [9.17, 15) is 0 Å². The maximum atomic E-state index is 5.72. The lowest BCUT2D eigenvalue weighted by Gasteiger charge is -2.09. The summed E-state index contributed by atoms with van der Waals surface area (Å²) in [5.41, 5.74) is 2.31. The van der Waals surface area contributed by atoms with E-state index in [1.807, 2.05) is 42.5 Å². The van der Waals surface area contributed by atoms with Crippen LogP contribution in [-0.4, -0.2) is 7.11 Å². The molecule has 0 fully saturated rings. The Morgan fingerprint density at radius 1 is 1.06 bits per heavy atom. The second-order valence-electron chi connectivity index (χ2n) is 4.07. The number of halogens is 1. The lowest BCUT2D eigenvalue weighted by Crippen LogP contribution is -1.96. The molecule has 2 nitrogen and oxygen atoms in total. The first-order valence-corrected chi connectivity index (χ1v) is 6.50. The van der Waals surface area contributed by atoms with Crippen LogP contribution in [0.5, 0.6) is 11.5 Å². The van der Waals surface area contributed by atoms with E-state index in [-0.39, 0.29) is 0 Å². The van der Waals surface area contributed by atoms with Crippen molar-refractivity contribution in [2.45, 2.75) is 13.5 Å². The quantitative estimate of drug-likeness (QED) is 0.836. The Kier molecular flexibility index (Phi) is 4.26.